The highest BCUT2D eigenvalue weighted by molar-refractivity contribution is 7.99. The third-order valence-corrected chi connectivity index (χ3v) is 6.25. The number of hydrogen-bond donors (Lipinski definition) is 2. The zero-order valence-electron chi connectivity index (χ0n) is 18.8. The van der Waals surface area contributed by atoms with Crippen LogP contribution in [0.2, 0.25) is 0 Å². The van der Waals surface area contributed by atoms with Crippen LogP contribution >= 0.6 is 11.8 Å². The number of esters is 1. The van der Waals surface area contributed by atoms with Crippen LogP contribution in [0.3, 0.4) is 0 Å². The standard InChI is InChI=1S/C24H24N4O5S/c1-3-33-22(30)18-12-25-23(31)26-20(18)14-34-24-27-19-7-5-4-6-17(19)21(29)28(24)13-15-8-10-16(32-2)11-9-15/h4-11H,3,12-14H2,1-2H3,(H2,25,26,31). The topological polar surface area (TPSA) is 112 Å². The lowest BCUT2D eigenvalue weighted by molar-refractivity contribution is -0.138. The highest BCUT2D eigenvalue weighted by Gasteiger charge is 2.24. The van der Waals surface area contributed by atoms with Crippen molar-refractivity contribution in [3.05, 3.63) is 75.7 Å². The number of para-hydroxylation sites is 1. The molecule has 2 heterocycles. The molecule has 1 aliphatic rings. The minimum absolute atomic E-state index is 0.0738. The zero-order valence-corrected chi connectivity index (χ0v) is 19.6. The number of aromatic nitrogens is 2. The first kappa shape index (κ1) is 23.4. The molecule has 1 aliphatic heterocycles. The number of benzene rings is 2. The molecule has 0 spiro atoms. The Kier molecular flexibility index (Phi) is 7.17. The molecular weight excluding hydrogens is 456 g/mol. The number of methoxy groups -OCH3 is 1. The fourth-order valence-corrected chi connectivity index (χ4v) is 4.50. The van der Waals surface area contributed by atoms with Crippen LogP contribution in [0.5, 0.6) is 5.75 Å². The van der Waals surface area contributed by atoms with Crippen LogP contribution in [-0.4, -0.2) is 47.6 Å². The van der Waals surface area contributed by atoms with Gasteiger partial charge in [-0.25, -0.2) is 14.6 Å². The second-order valence-corrected chi connectivity index (χ2v) is 8.37. The summed E-state index contributed by atoms with van der Waals surface area (Å²) in [7, 11) is 1.60. The largest absolute Gasteiger partial charge is 0.497 e. The maximum absolute atomic E-state index is 13.4. The number of carbonyl (C=O) groups excluding carboxylic acids is 2. The Bertz CT molecular complexity index is 1320. The van der Waals surface area contributed by atoms with Gasteiger partial charge in [0.2, 0.25) is 0 Å². The van der Waals surface area contributed by atoms with Gasteiger partial charge >= 0.3 is 12.0 Å². The second-order valence-electron chi connectivity index (χ2n) is 7.42. The van der Waals surface area contributed by atoms with Gasteiger partial charge in [0.25, 0.3) is 5.56 Å². The number of carbonyl (C=O) groups is 2. The van der Waals surface area contributed by atoms with Crippen molar-refractivity contribution < 1.29 is 19.1 Å². The van der Waals surface area contributed by atoms with Crippen molar-refractivity contribution in [3.8, 4) is 5.75 Å². The number of nitrogens with one attached hydrogen (secondary N) is 2. The molecule has 0 aliphatic carbocycles. The van der Waals surface area contributed by atoms with Gasteiger partial charge in [-0.2, -0.15) is 0 Å². The lowest BCUT2D eigenvalue weighted by Gasteiger charge is -2.21. The van der Waals surface area contributed by atoms with E-state index in [0.29, 0.717) is 33.9 Å². The van der Waals surface area contributed by atoms with Gasteiger partial charge in [-0.05, 0) is 36.8 Å². The predicted octanol–water partition coefficient (Wildman–Crippen LogP) is 2.68. The summed E-state index contributed by atoms with van der Waals surface area (Å²) in [6.45, 7) is 2.33. The number of nitrogens with zero attached hydrogens (tertiary/aromatic N) is 2. The maximum Gasteiger partial charge on any atom is 0.337 e. The predicted molar refractivity (Wildman–Crippen MR) is 129 cm³/mol. The molecule has 2 aromatic carbocycles. The Hall–Kier alpha value is -3.79. The molecule has 0 bridgehead atoms. The molecular formula is C24H24N4O5S. The van der Waals surface area contributed by atoms with Crippen molar-refractivity contribution in [1.82, 2.24) is 20.2 Å². The van der Waals surface area contributed by atoms with E-state index in [1.807, 2.05) is 30.3 Å². The van der Waals surface area contributed by atoms with Crippen molar-refractivity contribution in [2.24, 2.45) is 0 Å². The van der Waals surface area contributed by atoms with E-state index >= 15 is 0 Å². The van der Waals surface area contributed by atoms with E-state index in [9.17, 15) is 14.4 Å². The second kappa shape index (κ2) is 10.4. The van der Waals surface area contributed by atoms with Crippen LogP contribution in [0.1, 0.15) is 12.5 Å². The van der Waals surface area contributed by atoms with Gasteiger partial charge in [0.05, 0.1) is 43.3 Å². The summed E-state index contributed by atoms with van der Waals surface area (Å²) < 4.78 is 11.9. The molecule has 4 rings (SSSR count). The summed E-state index contributed by atoms with van der Waals surface area (Å²) in [5.41, 5.74) is 2.10. The summed E-state index contributed by atoms with van der Waals surface area (Å²) >= 11 is 1.27. The minimum atomic E-state index is -0.493. The smallest absolute Gasteiger partial charge is 0.337 e. The number of fused-ring (bicyclic) bond motifs is 1. The van der Waals surface area contributed by atoms with Crippen molar-refractivity contribution in [2.75, 3.05) is 26.0 Å². The monoisotopic (exact) mass is 480 g/mol. The molecule has 1 aromatic heterocycles. The first-order chi connectivity index (χ1) is 16.5. The summed E-state index contributed by atoms with van der Waals surface area (Å²) in [6, 6.07) is 14.2. The fraction of sp³-hybridized carbons (Fsp3) is 0.250. The summed E-state index contributed by atoms with van der Waals surface area (Å²) in [5, 5.41) is 6.27. The van der Waals surface area contributed by atoms with Crippen molar-refractivity contribution in [2.45, 2.75) is 18.6 Å². The van der Waals surface area contributed by atoms with Crippen LogP contribution in [0.4, 0.5) is 4.79 Å². The Morgan fingerprint density at radius 3 is 2.65 bits per heavy atom. The molecule has 2 N–H and O–H groups in total. The van der Waals surface area contributed by atoms with E-state index in [1.54, 1.807) is 36.8 Å². The zero-order chi connectivity index (χ0) is 24.1. The van der Waals surface area contributed by atoms with Gasteiger partial charge in [-0.3, -0.25) is 9.36 Å². The summed E-state index contributed by atoms with van der Waals surface area (Å²) in [4.78, 5) is 42.3. The Balaban J connectivity index is 1.70. The number of urea groups is 1. The molecule has 9 nitrogen and oxygen atoms in total. The van der Waals surface area contributed by atoms with Crippen LogP contribution < -0.4 is 20.9 Å². The van der Waals surface area contributed by atoms with Gasteiger partial charge in [-0.1, -0.05) is 36.0 Å². The van der Waals surface area contributed by atoms with Crippen molar-refractivity contribution in [3.63, 3.8) is 0 Å². The van der Waals surface area contributed by atoms with Gasteiger partial charge in [-0.15, -0.1) is 0 Å². The van der Waals surface area contributed by atoms with Crippen LogP contribution in [-0.2, 0) is 16.1 Å². The normalized spacial score (nSPS) is 13.4. The molecule has 0 saturated carbocycles. The molecule has 176 valence electrons. The first-order valence-electron chi connectivity index (χ1n) is 10.7. The highest BCUT2D eigenvalue weighted by atomic mass is 32.2. The Morgan fingerprint density at radius 2 is 1.91 bits per heavy atom. The summed E-state index contributed by atoms with van der Waals surface area (Å²) in [5.74, 6) is 0.463. The van der Waals surface area contributed by atoms with Crippen LogP contribution in [0.25, 0.3) is 10.9 Å². The molecule has 0 radical (unpaired) electrons. The van der Waals surface area contributed by atoms with Gasteiger partial charge in [0, 0.05) is 11.4 Å². The Morgan fingerprint density at radius 1 is 1.15 bits per heavy atom. The van der Waals surface area contributed by atoms with Gasteiger partial charge < -0.3 is 20.1 Å². The minimum Gasteiger partial charge on any atom is -0.497 e. The third-order valence-electron chi connectivity index (χ3n) is 5.25. The highest BCUT2D eigenvalue weighted by Crippen LogP contribution is 2.23. The molecule has 34 heavy (non-hydrogen) atoms. The van der Waals surface area contributed by atoms with E-state index in [4.69, 9.17) is 14.5 Å². The molecule has 3 aromatic rings. The number of ether oxygens (including phenoxy) is 2. The van der Waals surface area contributed by atoms with E-state index in [1.165, 1.54) is 11.8 Å². The summed E-state index contributed by atoms with van der Waals surface area (Å²) in [6.07, 6.45) is 0. The fourth-order valence-electron chi connectivity index (χ4n) is 3.52. The molecule has 0 atom stereocenters. The van der Waals surface area contributed by atoms with Crippen molar-refractivity contribution >= 4 is 34.7 Å². The van der Waals surface area contributed by atoms with E-state index < -0.39 is 12.0 Å². The lowest BCUT2D eigenvalue weighted by atomic mass is 10.2. The Labute approximate surface area is 200 Å². The third kappa shape index (κ3) is 5.07. The van der Waals surface area contributed by atoms with Crippen LogP contribution in [0.15, 0.2) is 69.8 Å². The number of hydrogen-bond acceptors (Lipinski definition) is 7. The number of amides is 2. The molecule has 0 fully saturated rings. The van der Waals surface area contributed by atoms with E-state index in [-0.39, 0.29) is 24.5 Å². The molecule has 2 amide bonds. The van der Waals surface area contributed by atoms with Gasteiger partial charge in [0.1, 0.15) is 5.75 Å². The SMILES string of the molecule is CCOC(=O)C1=C(CSc2nc3ccccc3c(=O)n2Cc2ccc(OC)cc2)NC(=O)NC1. The number of rotatable bonds is 8. The average Bonchev–Trinajstić information content (AvgIpc) is 2.85. The van der Waals surface area contributed by atoms with E-state index in [0.717, 1.165) is 11.3 Å². The first-order valence-corrected chi connectivity index (χ1v) is 11.7. The number of thioether (sulfide) groups is 1. The van der Waals surface area contributed by atoms with Crippen LogP contribution in [0, 0.1) is 0 Å². The van der Waals surface area contributed by atoms with Crippen molar-refractivity contribution in [1.29, 1.82) is 0 Å². The lowest BCUT2D eigenvalue weighted by Crippen LogP contribution is -2.44. The quantitative estimate of drug-likeness (QED) is 0.290. The van der Waals surface area contributed by atoms with E-state index in [2.05, 4.69) is 10.6 Å². The molecule has 0 saturated heterocycles. The molecule has 10 heteroatoms. The maximum atomic E-state index is 13.4. The van der Waals surface area contributed by atoms with Gasteiger partial charge in [0.15, 0.2) is 5.16 Å². The molecule has 0 unspecified atom stereocenters. The average molecular weight is 481 g/mol.